The van der Waals surface area contributed by atoms with E-state index in [0.29, 0.717) is 15.4 Å². The zero-order chi connectivity index (χ0) is 31.1. The molecule has 0 aliphatic carbocycles. The standard InChI is InChI=1S/C26H21N7O8S3/c34-12-5-6-13(16(35)7-12)17(30-25(41)32-15-4-2-1-3-14(15)28-24(32)40)20(36)29-18-21(37)33-19(23(38)39)11(8-42-22(18)33)9-43-26-31-27-10-44-26/h1-7,10,17-18,22,34-35H,8-9H2,(H,28,40)(H,29,36)(H,30,41)(H,38,39)/t17?,18?,22-/m1/s1. The first kappa shape index (κ1) is 29.3. The van der Waals surface area contributed by atoms with E-state index in [9.17, 15) is 39.3 Å². The normalized spacial score (nSPS) is 18.5. The number of carboxylic acid groups (broad SMARTS) is 1. The van der Waals surface area contributed by atoms with Crippen molar-refractivity contribution < 1.29 is 34.5 Å². The number of hydrogen-bond donors (Lipinski definition) is 6. The number of β-lactam (4-membered cyclic amide) rings is 1. The molecule has 2 unspecified atom stereocenters. The molecule has 15 nitrogen and oxygen atoms in total. The number of nitrogens with one attached hydrogen (secondary N) is 3. The van der Waals surface area contributed by atoms with Gasteiger partial charge in [-0.3, -0.25) is 14.5 Å². The Balaban J connectivity index is 1.25. The van der Waals surface area contributed by atoms with Crippen LogP contribution in [0.15, 0.2) is 68.4 Å². The van der Waals surface area contributed by atoms with Crippen molar-refractivity contribution in [2.75, 3.05) is 11.5 Å². The number of aliphatic carboxylic acids is 1. The van der Waals surface area contributed by atoms with Gasteiger partial charge in [-0.15, -0.1) is 22.0 Å². The number of aromatic amines is 1. The van der Waals surface area contributed by atoms with E-state index in [4.69, 9.17) is 0 Å². The molecule has 2 aromatic carbocycles. The van der Waals surface area contributed by atoms with Crippen LogP contribution in [0, 0.1) is 0 Å². The van der Waals surface area contributed by atoms with Crippen LogP contribution < -0.4 is 16.3 Å². The lowest BCUT2D eigenvalue weighted by atomic mass is 10.0. The maximum absolute atomic E-state index is 13.7. The highest BCUT2D eigenvalue weighted by Gasteiger charge is 2.54. The average Bonchev–Trinajstić information content (AvgIpc) is 3.64. The van der Waals surface area contributed by atoms with Crippen LogP contribution in [0.2, 0.25) is 0 Å². The van der Waals surface area contributed by atoms with Crippen molar-refractivity contribution in [2.45, 2.75) is 21.8 Å². The summed E-state index contributed by atoms with van der Waals surface area (Å²) in [5, 5.41) is 42.2. The van der Waals surface area contributed by atoms with Crippen LogP contribution in [0.5, 0.6) is 11.5 Å². The molecule has 1 saturated heterocycles. The monoisotopic (exact) mass is 655 g/mol. The maximum atomic E-state index is 13.7. The van der Waals surface area contributed by atoms with Gasteiger partial charge in [-0.25, -0.2) is 19.0 Å². The number of carboxylic acids is 1. The van der Waals surface area contributed by atoms with E-state index in [0.717, 1.165) is 15.5 Å². The number of rotatable bonds is 8. The summed E-state index contributed by atoms with van der Waals surface area (Å²) >= 11 is 3.87. The average molecular weight is 656 g/mol. The second kappa shape index (κ2) is 11.7. The molecule has 6 rings (SSSR count). The molecule has 6 N–H and O–H groups in total. The zero-order valence-electron chi connectivity index (χ0n) is 22.2. The topological polar surface area (TPSA) is 220 Å². The molecule has 2 aromatic heterocycles. The molecule has 18 heteroatoms. The molecule has 2 aliphatic rings. The van der Waals surface area contributed by atoms with E-state index < -0.39 is 52.7 Å². The number of carbonyl (C=O) groups is 4. The van der Waals surface area contributed by atoms with E-state index in [-0.39, 0.29) is 34.0 Å². The highest BCUT2D eigenvalue weighted by atomic mass is 32.2. The summed E-state index contributed by atoms with van der Waals surface area (Å²) in [7, 11) is 0. The zero-order valence-corrected chi connectivity index (χ0v) is 24.6. The van der Waals surface area contributed by atoms with Crippen LogP contribution in [0.3, 0.4) is 0 Å². The number of aromatic hydroxyl groups is 2. The van der Waals surface area contributed by atoms with E-state index >= 15 is 0 Å². The first-order chi connectivity index (χ1) is 21.1. The summed E-state index contributed by atoms with van der Waals surface area (Å²) in [6, 6.07) is 6.01. The minimum atomic E-state index is -1.62. The number of thioether (sulfide) groups is 2. The molecule has 4 heterocycles. The van der Waals surface area contributed by atoms with Crippen molar-refractivity contribution in [3.05, 3.63) is 75.3 Å². The first-order valence-corrected chi connectivity index (χ1v) is 15.7. The molecule has 44 heavy (non-hydrogen) atoms. The van der Waals surface area contributed by atoms with Crippen molar-refractivity contribution in [1.29, 1.82) is 0 Å². The summed E-state index contributed by atoms with van der Waals surface area (Å²) in [5.41, 5.74) is 1.62. The predicted molar refractivity (Wildman–Crippen MR) is 159 cm³/mol. The van der Waals surface area contributed by atoms with Gasteiger partial charge in [0.2, 0.25) is 5.91 Å². The van der Waals surface area contributed by atoms with E-state index in [1.165, 1.54) is 53.1 Å². The lowest BCUT2D eigenvalue weighted by Gasteiger charge is -2.49. The second-order valence-corrected chi connectivity index (χ2v) is 12.7. The molecule has 0 spiro atoms. The summed E-state index contributed by atoms with van der Waals surface area (Å²) < 4.78 is 1.43. The fourth-order valence-electron chi connectivity index (χ4n) is 4.91. The molecule has 0 saturated carbocycles. The van der Waals surface area contributed by atoms with Gasteiger partial charge in [-0.05, 0) is 29.8 Å². The van der Waals surface area contributed by atoms with Gasteiger partial charge in [0.25, 0.3) is 5.91 Å². The molecule has 226 valence electrons. The molecule has 3 atom stereocenters. The number of carbonyl (C=O) groups excluding carboxylic acids is 3. The van der Waals surface area contributed by atoms with E-state index in [2.05, 4.69) is 25.8 Å². The first-order valence-electron chi connectivity index (χ1n) is 12.8. The van der Waals surface area contributed by atoms with Gasteiger partial charge in [-0.2, -0.15) is 0 Å². The third-order valence-corrected chi connectivity index (χ3v) is 10.2. The van der Waals surface area contributed by atoms with Crippen LogP contribution in [0.25, 0.3) is 11.0 Å². The number of H-pyrrole nitrogens is 1. The number of amides is 3. The number of phenols is 2. The van der Waals surface area contributed by atoms with Gasteiger partial charge in [-0.1, -0.05) is 35.2 Å². The van der Waals surface area contributed by atoms with Gasteiger partial charge < -0.3 is 30.9 Å². The molecular weight excluding hydrogens is 635 g/mol. The summed E-state index contributed by atoms with van der Waals surface area (Å²) in [5.74, 6) is -3.15. The Morgan fingerprint density at radius 3 is 2.68 bits per heavy atom. The number of fused-ring (bicyclic) bond motifs is 2. The minimum absolute atomic E-state index is 0.122. The van der Waals surface area contributed by atoms with Crippen LogP contribution in [-0.4, -0.2) is 86.7 Å². The van der Waals surface area contributed by atoms with Crippen LogP contribution in [0.4, 0.5) is 4.79 Å². The van der Waals surface area contributed by atoms with Crippen molar-refractivity contribution in [1.82, 2.24) is 35.3 Å². The van der Waals surface area contributed by atoms with Crippen LogP contribution in [-0.2, 0) is 14.4 Å². The summed E-state index contributed by atoms with van der Waals surface area (Å²) in [6.07, 6.45) is 0. The van der Waals surface area contributed by atoms with Crippen molar-refractivity contribution in [3.63, 3.8) is 0 Å². The number of phenolic OH excluding ortho intramolecular Hbond substituents is 2. The van der Waals surface area contributed by atoms with E-state index in [1.54, 1.807) is 23.7 Å². The Morgan fingerprint density at radius 2 is 1.95 bits per heavy atom. The Morgan fingerprint density at radius 1 is 1.16 bits per heavy atom. The molecule has 4 aromatic rings. The molecule has 0 bridgehead atoms. The number of benzene rings is 2. The molecular formula is C26H21N7O8S3. The second-order valence-electron chi connectivity index (χ2n) is 9.56. The summed E-state index contributed by atoms with van der Waals surface area (Å²) in [6.45, 7) is 0. The number of nitrogens with zero attached hydrogens (tertiary/aromatic N) is 4. The highest BCUT2D eigenvalue weighted by molar-refractivity contribution is 8.01. The Kier molecular flexibility index (Phi) is 7.78. The van der Waals surface area contributed by atoms with Crippen molar-refractivity contribution >= 4 is 69.7 Å². The maximum Gasteiger partial charge on any atom is 0.352 e. The highest BCUT2D eigenvalue weighted by Crippen LogP contribution is 2.42. The van der Waals surface area contributed by atoms with Crippen molar-refractivity contribution in [3.8, 4) is 11.5 Å². The van der Waals surface area contributed by atoms with Gasteiger partial charge in [0.1, 0.15) is 40.2 Å². The Hall–Kier alpha value is -4.81. The quantitative estimate of drug-likeness (QED) is 0.117. The van der Waals surface area contributed by atoms with Gasteiger partial charge >= 0.3 is 17.7 Å². The molecule has 3 amide bonds. The summed E-state index contributed by atoms with van der Waals surface area (Å²) in [4.78, 5) is 68.7. The van der Waals surface area contributed by atoms with Gasteiger partial charge in [0.05, 0.1) is 11.0 Å². The smallest absolute Gasteiger partial charge is 0.352 e. The number of aromatic nitrogens is 4. The fourth-order valence-corrected chi connectivity index (χ4v) is 7.88. The molecule has 1 fully saturated rings. The number of imidazole rings is 1. The predicted octanol–water partition coefficient (Wildman–Crippen LogP) is 1.42. The lowest BCUT2D eigenvalue weighted by Crippen LogP contribution is -2.71. The Labute approximate surface area is 259 Å². The minimum Gasteiger partial charge on any atom is -0.508 e. The van der Waals surface area contributed by atoms with Crippen LogP contribution in [0.1, 0.15) is 11.6 Å². The third kappa shape index (κ3) is 5.26. The largest absolute Gasteiger partial charge is 0.508 e. The van der Waals surface area contributed by atoms with Crippen LogP contribution >= 0.6 is 34.9 Å². The third-order valence-electron chi connectivity index (χ3n) is 6.91. The van der Waals surface area contributed by atoms with Gasteiger partial charge in [0, 0.05) is 23.1 Å². The van der Waals surface area contributed by atoms with Gasteiger partial charge in [0.15, 0.2) is 4.34 Å². The molecule has 0 radical (unpaired) electrons. The van der Waals surface area contributed by atoms with Crippen molar-refractivity contribution in [2.24, 2.45) is 0 Å². The Bertz CT molecular complexity index is 1900. The SMILES string of the molecule is O=C(O)C1=C(CSc2nncs2)CS[C@@H]2C(NC(=O)C(NC(=O)n3c(=O)[nH]c4ccccc43)c3ccc(O)cc3O)C(=O)N12. The number of para-hydroxylation sites is 2. The fraction of sp³-hybridized carbons (Fsp3) is 0.192. The number of hydrogen-bond acceptors (Lipinski definition) is 12. The molecule has 2 aliphatic heterocycles. The lowest BCUT2D eigenvalue weighted by molar-refractivity contribution is -0.151. The van der Waals surface area contributed by atoms with E-state index in [1.807, 2.05) is 0 Å².